The van der Waals surface area contributed by atoms with Crippen LogP contribution in [-0.2, 0) is 10.8 Å². The molecule has 0 atom stereocenters. The van der Waals surface area contributed by atoms with Gasteiger partial charge in [0, 0.05) is 47.8 Å². The Balaban J connectivity index is 1.17. The van der Waals surface area contributed by atoms with E-state index in [0.717, 1.165) is 11.4 Å². The van der Waals surface area contributed by atoms with Crippen LogP contribution >= 0.6 is 11.3 Å². The topological polar surface area (TPSA) is 3.24 Å². The number of nitrogens with zero attached hydrogens (tertiary/aromatic N) is 1. The molecular weight excluding hydrogens is 695 g/mol. The van der Waals surface area contributed by atoms with Crippen molar-refractivity contribution in [1.29, 1.82) is 0 Å². The van der Waals surface area contributed by atoms with Crippen LogP contribution < -0.4 is 4.90 Å². The molecule has 2 heteroatoms. The average Bonchev–Trinajstić information content (AvgIpc) is 3.81. The zero-order chi connectivity index (χ0) is 37.8. The van der Waals surface area contributed by atoms with Gasteiger partial charge in [-0.05, 0) is 98.1 Å². The van der Waals surface area contributed by atoms with E-state index >= 15 is 0 Å². The van der Waals surface area contributed by atoms with E-state index in [1.165, 1.54) is 92.6 Å². The minimum atomic E-state index is -0.122. The Labute approximate surface area is 333 Å². The smallest absolute Gasteiger partial charge is 0.0543 e. The zero-order valence-corrected chi connectivity index (χ0v) is 32.9. The lowest BCUT2D eigenvalue weighted by molar-refractivity contribution is 0.660. The number of hydrogen-bond donors (Lipinski definition) is 0. The van der Waals surface area contributed by atoms with Crippen LogP contribution in [0, 0.1) is 0 Å². The molecule has 268 valence electrons. The largest absolute Gasteiger partial charge is 0.309 e. The molecule has 1 nitrogen and oxygen atoms in total. The quantitative estimate of drug-likeness (QED) is 0.170. The summed E-state index contributed by atoms with van der Waals surface area (Å²) in [5.74, 6) is 0. The van der Waals surface area contributed by atoms with Gasteiger partial charge in [0.2, 0.25) is 0 Å². The van der Waals surface area contributed by atoms with Crippen LogP contribution in [0.1, 0.15) is 49.9 Å². The highest BCUT2D eigenvalue weighted by molar-refractivity contribution is 7.25. The van der Waals surface area contributed by atoms with Crippen molar-refractivity contribution >= 4 is 48.6 Å². The molecule has 0 unspecified atom stereocenters. The van der Waals surface area contributed by atoms with Gasteiger partial charge in [-0.25, -0.2) is 0 Å². The number of hydrogen-bond acceptors (Lipinski definition) is 2. The number of thiophene rings is 1. The number of fused-ring (bicyclic) bond motifs is 9. The molecule has 0 N–H and O–H groups in total. The van der Waals surface area contributed by atoms with Gasteiger partial charge in [-0.3, -0.25) is 0 Å². The first kappa shape index (κ1) is 33.1. The van der Waals surface area contributed by atoms with E-state index in [4.69, 9.17) is 0 Å². The summed E-state index contributed by atoms with van der Waals surface area (Å²) in [6.45, 7) is 9.48. The third-order valence-corrected chi connectivity index (χ3v) is 13.8. The van der Waals surface area contributed by atoms with Gasteiger partial charge in [0.1, 0.15) is 0 Å². The van der Waals surface area contributed by atoms with Crippen molar-refractivity contribution in [1.82, 2.24) is 0 Å². The third-order valence-electron chi connectivity index (χ3n) is 12.7. The lowest BCUT2D eigenvalue weighted by atomic mass is 9.82. The Morgan fingerprint density at radius 3 is 1.70 bits per heavy atom. The van der Waals surface area contributed by atoms with E-state index in [1.54, 1.807) is 0 Å². The van der Waals surface area contributed by atoms with Crippen molar-refractivity contribution in [2.45, 2.75) is 38.5 Å². The Kier molecular flexibility index (Phi) is 7.18. The lowest BCUT2D eigenvalue weighted by Crippen LogP contribution is -2.16. The molecule has 0 saturated carbocycles. The lowest BCUT2D eigenvalue weighted by Gasteiger charge is -2.31. The van der Waals surface area contributed by atoms with E-state index in [9.17, 15) is 0 Å². The van der Waals surface area contributed by atoms with E-state index in [2.05, 4.69) is 209 Å². The molecule has 0 bridgehead atoms. The average molecular weight is 736 g/mol. The van der Waals surface area contributed by atoms with Crippen LogP contribution in [0.5, 0.6) is 0 Å². The third kappa shape index (κ3) is 4.72. The zero-order valence-electron chi connectivity index (χ0n) is 32.1. The summed E-state index contributed by atoms with van der Waals surface area (Å²) >= 11 is 1.87. The Morgan fingerprint density at radius 1 is 0.375 bits per heavy atom. The van der Waals surface area contributed by atoms with Gasteiger partial charge in [-0.2, -0.15) is 0 Å². The minimum absolute atomic E-state index is 0.0880. The first-order valence-electron chi connectivity index (χ1n) is 19.7. The van der Waals surface area contributed by atoms with Crippen LogP contribution in [0.4, 0.5) is 17.1 Å². The molecule has 0 spiro atoms. The molecule has 56 heavy (non-hydrogen) atoms. The van der Waals surface area contributed by atoms with Gasteiger partial charge in [0.15, 0.2) is 0 Å². The summed E-state index contributed by atoms with van der Waals surface area (Å²) < 4.78 is 2.65. The van der Waals surface area contributed by atoms with Crippen molar-refractivity contribution < 1.29 is 0 Å². The number of anilines is 3. The Hall–Kier alpha value is -6.22. The number of para-hydroxylation sites is 1. The summed E-state index contributed by atoms with van der Waals surface area (Å²) in [7, 11) is 0. The van der Waals surface area contributed by atoms with Crippen molar-refractivity contribution in [3.8, 4) is 44.5 Å². The molecule has 0 amide bonds. The van der Waals surface area contributed by atoms with Gasteiger partial charge < -0.3 is 4.90 Å². The molecule has 2 aliphatic rings. The van der Waals surface area contributed by atoms with Gasteiger partial charge in [-0.15, -0.1) is 11.3 Å². The van der Waals surface area contributed by atoms with Crippen LogP contribution in [-0.4, -0.2) is 0 Å². The molecule has 2 aliphatic carbocycles. The van der Waals surface area contributed by atoms with Gasteiger partial charge >= 0.3 is 0 Å². The number of benzene rings is 8. The maximum Gasteiger partial charge on any atom is 0.0543 e. The second-order valence-electron chi connectivity index (χ2n) is 16.5. The maximum absolute atomic E-state index is 2.54. The van der Waals surface area contributed by atoms with Crippen LogP contribution in [0.3, 0.4) is 0 Å². The molecule has 11 rings (SSSR count). The highest BCUT2D eigenvalue weighted by atomic mass is 32.1. The highest BCUT2D eigenvalue weighted by Gasteiger charge is 2.39. The molecule has 0 fully saturated rings. The second kappa shape index (κ2) is 12.1. The molecule has 9 aromatic rings. The monoisotopic (exact) mass is 735 g/mol. The van der Waals surface area contributed by atoms with Crippen LogP contribution in [0.2, 0.25) is 0 Å². The normalized spacial score (nSPS) is 14.4. The SMILES string of the molecule is CC1(C)c2ccccc2-c2c(-c3ccccc3N(c3cccc(-c4ccc5sc6ccccc6c5c4)c3)c3cccc4c3-c3ccccc3C4(C)C)cccc21. The molecule has 1 heterocycles. The fraction of sp³-hybridized carbons (Fsp3) is 0.111. The Bertz CT molecular complexity index is 3050. The van der Waals surface area contributed by atoms with E-state index < -0.39 is 0 Å². The first-order chi connectivity index (χ1) is 27.3. The van der Waals surface area contributed by atoms with Gasteiger partial charge in [-0.1, -0.05) is 161 Å². The molecule has 0 radical (unpaired) electrons. The Morgan fingerprint density at radius 2 is 0.911 bits per heavy atom. The van der Waals surface area contributed by atoms with E-state index in [-0.39, 0.29) is 10.8 Å². The first-order valence-corrected chi connectivity index (χ1v) is 20.5. The van der Waals surface area contributed by atoms with Gasteiger partial charge in [0.25, 0.3) is 0 Å². The predicted octanol–water partition coefficient (Wildman–Crippen LogP) is 15.5. The standard InChI is InChI=1S/C54H41NS/c1-53(2)43-23-9-5-20-40(43)51-39(22-14-25-45(51)53)37-18-7-11-27-47(37)55(48-28-15-26-46-52(48)41-21-6-10-24-44(41)54(46,3)4)36-17-13-16-34(32-36)35-30-31-50-42(33-35)38-19-8-12-29-49(38)56-50/h5-33H,1-4H3. The van der Waals surface area contributed by atoms with E-state index in [1.807, 2.05) is 11.3 Å². The summed E-state index contributed by atoms with van der Waals surface area (Å²) in [6.07, 6.45) is 0. The molecule has 8 aromatic carbocycles. The fourth-order valence-electron chi connectivity index (χ4n) is 9.94. The molecule has 0 aliphatic heterocycles. The van der Waals surface area contributed by atoms with Crippen LogP contribution in [0.15, 0.2) is 176 Å². The minimum Gasteiger partial charge on any atom is -0.309 e. The van der Waals surface area contributed by atoms with Crippen molar-refractivity contribution in [2.75, 3.05) is 4.90 Å². The van der Waals surface area contributed by atoms with Crippen molar-refractivity contribution in [3.63, 3.8) is 0 Å². The summed E-state index contributed by atoms with van der Waals surface area (Å²) in [4.78, 5) is 2.54. The van der Waals surface area contributed by atoms with Crippen molar-refractivity contribution in [3.05, 3.63) is 198 Å². The summed E-state index contributed by atoms with van der Waals surface area (Å²) in [6, 6.07) is 65.8. The summed E-state index contributed by atoms with van der Waals surface area (Å²) in [5.41, 5.74) is 19.0. The molecule has 1 aromatic heterocycles. The van der Waals surface area contributed by atoms with Gasteiger partial charge in [0.05, 0.1) is 11.4 Å². The van der Waals surface area contributed by atoms with Crippen LogP contribution in [0.25, 0.3) is 64.7 Å². The van der Waals surface area contributed by atoms with Crippen molar-refractivity contribution in [2.24, 2.45) is 0 Å². The highest BCUT2D eigenvalue weighted by Crippen LogP contribution is 2.57. The number of rotatable bonds is 5. The maximum atomic E-state index is 2.54. The van der Waals surface area contributed by atoms with E-state index in [0.29, 0.717) is 0 Å². The molecule has 0 saturated heterocycles. The second-order valence-corrected chi connectivity index (χ2v) is 17.6. The molecular formula is C54H41NS. The fourth-order valence-corrected chi connectivity index (χ4v) is 11.0. The predicted molar refractivity (Wildman–Crippen MR) is 240 cm³/mol. The summed E-state index contributed by atoms with van der Waals surface area (Å²) in [5, 5.41) is 2.64.